The van der Waals surface area contributed by atoms with Gasteiger partial charge in [0.05, 0.1) is 18.8 Å². The van der Waals surface area contributed by atoms with Crippen molar-refractivity contribution in [2.75, 3.05) is 37.4 Å². The molecule has 0 amide bonds. The third-order valence-electron chi connectivity index (χ3n) is 5.63. The van der Waals surface area contributed by atoms with Crippen LogP contribution in [0.1, 0.15) is 42.4 Å². The Morgan fingerprint density at radius 1 is 1.13 bits per heavy atom. The van der Waals surface area contributed by atoms with Crippen molar-refractivity contribution in [2.45, 2.75) is 44.9 Å². The predicted octanol–water partition coefficient (Wildman–Crippen LogP) is 2.82. The summed E-state index contributed by atoms with van der Waals surface area (Å²) in [5.74, 6) is 0.756. The van der Waals surface area contributed by atoms with E-state index < -0.39 is 0 Å². The van der Waals surface area contributed by atoms with Crippen LogP contribution in [0, 0.1) is 5.41 Å². The summed E-state index contributed by atoms with van der Waals surface area (Å²) in [6.45, 7) is 5.35. The number of likely N-dealkylation sites (tertiary alicyclic amines) is 1. The van der Waals surface area contributed by atoms with Crippen molar-refractivity contribution in [2.24, 2.45) is 0 Å². The van der Waals surface area contributed by atoms with Gasteiger partial charge in [-0.2, -0.15) is 9.97 Å². The van der Waals surface area contributed by atoms with Crippen LogP contribution in [0.5, 0.6) is 6.01 Å². The lowest BCUT2D eigenvalue weighted by Gasteiger charge is -2.22. The molecule has 0 unspecified atom stereocenters. The quantitative estimate of drug-likeness (QED) is 0.574. The zero-order valence-electron chi connectivity index (χ0n) is 17.3. The van der Waals surface area contributed by atoms with Gasteiger partial charge in [-0.3, -0.25) is 4.90 Å². The molecule has 4 N–H and O–H groups in total. The molecule has 0 saturated carbocycles. The van der Waals surface area contributed by atoms with E-state index in [1.165, 1.54) is 37.7 Å². The minimum Gasteiger partial charge on any atom is -0.460 e. The van der Waals surface area contributed by atoms with Gasteiger partial charge >= 0.3 is 6.01 Å². The molecule has 8 nitrogen and oxygen atoms in total. The van der Waals surface area contributed by atoms with Crippen molar-refractivity contribution in [1.82, 2.24) is 14.9 Å². The summed E-state index contributed by atoms with van der Waals surface area (Å²) in [5, 5.41) is 11.0. The summed E-state index contributed by atoms with van der Waals surface area (Å²) < 4.78 is 11.3. The molecular formula is C22H30N6O2. The standard InChI is InChI=1S/C22H30N6O2/c23-13-19-20(24)26-22(30-18-7-11-29-12-8-18)27-21(19)25-14-16-3-5-17(6-4-16)15-28-9-1-2-10-28/h3-6,13,18,23H,1-2,7-12,14-15H2,(H3,24,25,26,27). The molecule has 0 bridgehead atoms. The van der Waals surface area contributed by atoms with Gasteiger partial charge in [0.25, 0.3) is 0 Å². The minimum atomic E-state index is 0.0278. The molecule has 3 heterocycles. The minimum absolute atomic E-state index is 0.0278. The van der Waals surface area contributed by atoms with Crippen LogP contribution in [0.4, 0.5) is 11.6 Å². The first-order valence-electron chi connectivity index (χ1n) is 10.7. The van der Waals surface area contributed by atoms with Gasteiger partial charge in [0.15, 0.2) is 0 Å². The Kier molecular flexibility index (Phi) is 6.76. The number of hydrogen-bond donors (Lipinski definition) is 3. The maximum atomic E-state index is 7.68. The molecule has 2 aliphatic rings. The first kappa shape index (κ1) is 20.6. The molecule has 0 atom stereocenters. The van der Waals surface area contributed by atoms with E-state index in [2.05, 4.69) is 44.5 Å². The molecule has 1 aromatic carbocycles. The van der Waals surface area contributed by atoms with Crippen molar-refractivity contribution >= 4 is 17.9 Å². The third kappa shape index (κ3) is 5.25. The van der Waals surface area contributed by atoms with Crippen molar-refractivity contribution < 1.29 is 9.47 Å². The molecule has 2 fully saturated rings. The molecule has 2 aromatic rings. The second-order valence-electron chi connectivity index (χ2n) is 7.88. The number of rotatable bonds is 8. The van der Waals surface area contributed by atoms with Crippen molar-refractivity contribution in [3.63, 3.8) is 0 Å². The molecule has 2 aliphatic heterocycles. The van der Waals surface area contributed by atoms with Gasteiger partial charge in [-0.05, 0) is 37.1 Å². The number of anilines is 2. The molecule has 2 saturated heterocycles. The summed E-state index contributed by atoms with van der Waals surface area (Å²) in [4.78, 5) is 11.2. The number of hydrogen-bond acceptors (Lipinski definition) is 8. The van der Waals surface area contributed by atoms with Gasteiger partial charge in [-0.1, -0.05) is 24.3 Å². The Labute approximate surface area is 177 Å². The Hall–Kier alpha value is -2.71. The largest absolute Gasteiger partial charge is 0.460 e. The molecule has 8 heteroatoms. The highest BCUT2D eigenvalue weighted by Gasteiger charge is 2.19. The average Bonchev–Trinajstić information content (AvgIpc) is 3.27. The first-order valence-corrected chi connectivity index (χ1v) is 10.7. The van der Waals surface area contributed by atoms with Crippen LogP contribution in [0.3, 0.4) is 0 Å². The van der Waals surface area contributed by atoms with E-state index in [1.807, 2.05) is 0 Å². The SMILES string of the molecule is N=Cc1c(N)nc(OC2CCOCC2)nc1NCc1ccc(CN2CCCC2)cc1. The van der Waals surface area contributed by atoms with E-state index in [4.69, 9.17) is 20.6 Å². The number of nitrogens with one attached hydrogen (secondary N) is 2. The fourth-order valence-corrected chi connectivity index (χ4v) is 3.89. The van der Waals surface area contributed by atoms with Crippen LogP contribution >= 0.6 is 0 Å². The molecule has 30 heavy (non-hydrogen) atoms. The highest BCUT2D eigenvalue weighted by atomic mass is 16.5. The van der Waals surface area contributed by atoms with Gasteiger partial charge in [-0.15, -0.1) is 0 Å². The fraction of sp³-hybridized carbons (Fsp3) is 0.500. The number of aromatic nitrogens is 2. The van der Waals surface area contributed by atoms with Crippen LogP contribution in [0.25, 0.3) is 0 Å². The maximum Gasteiger partial charge on any atom is 0.320 e. The van der Waals surface area contributed by atoms with Gasteiger partial charge < -0.3 is 25.9 Å². The van der Waals surface area contributed by atoms with E-state index in [-0.39, 0.29) is 17.9 Å². The van der Waals surface area contributed by atoms with E-state index in [0.717, 1.165) is 24.9 Å². The number of ether oxygens (including phenoxy) is 2. The second-order valence-corrected chi connectivity index (χ2v) is 7.88. The number of benzene rings is 1. The zero-order valence-corrected chi connectivity index (χ0v) is 17.3. The molecule has 0 spiro atoms. The van der Waals surface area contributed by atoms with Gasteiger partial charge in [0, 0.05) is 32.1 Å². The smallest absolute Gasteiger partial charge is 0.320 e. The summed E-state index contributed by atoms with van der Waals surface area (Å²) in [6, 6.07) is 8.87. The molecule has 0 radical (unpaired) electrons. The molecular weight excluding hydrogens is 380 g/mol. The fourth-order valence-electron chi connectivity index (χ4n) is 3.89. The first-order chi connectivity index (χ1) is 14.7. The van der Waals surface area contributed by atoms with E-state index in [1.54, 1.807) is 0 Å². The second kappa shape index (κ2) is 9.86. The van der Waals surface area contributed by atoms with E-state index >= 15 is 0 Å². The molecule has 160 valence electrons. The van der Waals surface area contributed by atoms with Crippen LogP contribution in [0.15, 0.2) is 24.3 Å². The highest BCUT2D eigenvalue weighted by Crippen LogP contribution is 2.23. The normalized spacial score (nSPS) is 17.7. The summed E-state index contributed by atoms with van der Waals surface area (Å²) in [7, 11) is 0. The Morgan fingerprint density at radius 3 is 2.53 bits per heavy atom. The lowest BCUT2D eigenvalue weighted by atomic mass is 10.1. The third-order valence-corrected chi connectivity index (χ3v) is 5.63. The van der Waals surface area contributed by atoms with Gasteiger partial charge in [-0.25, -0.2) is 0 Å². The summed E-state index contributed by atoms with van der Waals surface area (Å²) >= 11 is 0. The molecule has 0 aliphatic carbocycles. The number of nitrogens with zero attached hydrogens (tertiary/aromatic N) is 3. The summed E-state index contributed by atoms with van der Waals surface area (Å²) in [6.07, 6.45) is 5.43. The van der Waals surface area contributed by atoms with Crippen molar-refractivity contribution in [3.8, 4) is 6.01 Å². The van der Waals surface area contributed by atoms with Crippen LogP contribution in [0.2, 0.25) is 0 Å². The number of nitrogens with two attached hydrogens (primary N) is 1. The van der Waals surface area contributed by atoms with Gasteiger partial charge in [0.2, 0.25) is 0 Å². The van der Waals surface area contributed by atoms with Crippen LogP contribution < -0.4 is 15.8 Å². The van der Waals surface area contributed by atoms with Crippen LogP contribution in [-0.2, 0) is 17.8 Å². The summed E-state index contributed by atoms with van der Waals surface area (Å²) in [5.41, 5.74) is 9.00. The topological polar surface area (TPSA) is 109 Å². The van der Waals surface area contributed by atoms with Crippen LogP contribution in [-0.4, -0.2) is 53.5 Å². The van der Waals surface area contributed by atoms with Gasteiger partial charge in [0.1, 0.15) is 17.7 Å². The molecule has 4 rings (SSSR count). The van der Waals surface area contributed by atoms with Crippen molar-refractivity contribution in [3.05, 3.63) is 41.0 Å². The van der Waals surface area contributed by atoms with E-state index in [0.29, 0.717) is 31.1 Å². The Morgan fingerprint density at radius 2 is 1.83 bits per heavy atom. The zero-order chi connectivity index (χ0) is 20.8. The maximum absolute atomic E-state index is 7.68. The Balaban J connectivity index is 1.40. The highest BCUT2D eigenvalue weighted by molar-refractivity contribution is 5.90. The lowest BCUT2D eigenvalue weighted by molar-refractivity contribution is 0.0218. The number of nitrogen functional groups attached to an aromatic ring is 1. The lowest BCUT2D eigenvalue weighted by Crippen LogP contribution is -2.27. The van der Waals surface area contributed by atoms with E-state index in [9.17, 15) is 0 Å². The van der Waals surface area contributed by atoms with Crippen molar-refractivity contribution in [1.29, 1.82) is 5.41 Å². The predicted molar refractivity (Wildman–Crippen MR) is 117 cm³/mol. The monoisotopic (exact) mass is 410 g/mol. The Bertz CT molecular complexity index is 845. The average molecular weight is 411 g/mol. The molecule has 1 aromatic heterocycles.